The van der Waals surface area contributed by atoms with Crippen LogP contribution >= 0.6 is 0 Å². The van der Waals surface area contributed by atoms with Crippen LogP contribution in [0.15, 0.2) is 42.6 Å². The topological polar surface area (TPSA) is 27.0 Å². The normalized spacial score (nSPS) is 11.7. The van der Waals surface area contributed by atoms with Crippen LogP contribution in [0.5, 0.6) is 0 Å². The van der Waals surface area contributed by atoms with Crippen molar-refractivity contribution >= 4 is 11.5 Å². The van der Waals surface area contributed by atoms with Crippen LogP contribution in [0.3, 0.4) is 0 Å². The smallest absolute Gasteiger partial charge is 0.160 e. The summed E-state index contributed by atoms with van der Waals surface area (Å²) in [5.74, 6) is 0.837. The van der Waals surface area contributed by atoms with E-state index in [0.29, 0.717) is 0 Å². The molecule has 0 atom stereocenters. The molecule has 1 radical (unpaired) electrons. The highest BCUT2D eigenvalue weighted by Crippen LogP contribution is 2.40. The van der Waals surface area contributed by atoms with Crippen LogP contribution in [-0.4, -0.2) is 4.98 Å². The van der Waals surface area contributed by atoms with E-state index in [1.54, 1.807) is 6.20 Å². The van der Waals surface area contributed by atoms with E-state index in [-0.39, 0.29) is 0 Å². The molecule has 0 aliphatic carbocycles. The number of aromatic nitrogens is 1. The van der Waals surface area contributed by atoms with Crippen LogP contribution in [0, 0.1) is 0 Å². The third kappa shape index (κ3) is 0.855. The first-order valence-corrected chi connectivity index (χ1v) is 4.21. The van der Waals surface area contributed by atoms with Gasteiger partial charge in [-0.25, -0.2) is 10.3 Å². The molecule has 0 bridgehead atoms. The largest absolute Gasteiger partial charge is 0.237 e. The summed E-state index contributed by atoms with van der Waals surface area (Å²) < 4.78 is 0. The molecule has 1 aromatic carbocycles. The van der Waals surface area contributed by atoms with E-state index in [0.717, 1.165) is 17.1 Å². The number of benzene rings is 1. The van der Waals surface area contributed by atoms with Gasteiger partial charge in [-0.05, 0) is 18.2 Å². The molecule has 1 aliphatic rings. The minimum absolute atomic E-state index is 0.837. The van der Waals surface area contributed by atoms with E-state index in [2.05, 4.69) is 22.4 Å². The van der Waals surface area contributed by atoms with Crippen LogP contribution in [0.4, 0.5) is 11.5 Å². The van der Waals surface area contributed by atoms with Crippen molar-refractivity contribution in [1.29, 1.82) is 0 Å². The van der Waals surface area contributed by atoms with Gasteiger partial charge in [0.05, 0.1) is 5.69 Å². The quantitative estimate of drug-likeness (QED) is 0.505. The lowest BCUT2D eigenvalue weighted by molar-refractivity contribution is 1.14. The maximum atomic E-state index is 4.40. The Hall–Kier alpha value is -1.83. The maximum Gasteiger partial charge on any atom is 0.160 e. The van der Waals surface area contributed by atoms with Crippen LogP contribution in [0.1, 0.15) is 0 Å². The number of nitrogens with zero attached hydrogens (tertiary/aromatic N) is 2. The Morgan fingerprint density at radius 3 is 2.69 bits per heavy atom. The van der Waals surface area contributed by atoms with Crippen molar-refractivity contribution in [3.05, 3.63) is 42.6 Å². The molecule has 0 saturated carbocycles. The average molecular weight is 167 g/mol. The van der Waals surface area contributed by atoms with Crippen LogP contribution < -0.4 is 5.32 Å². The lowest BCUT2D eigenvalue weighted by Gasteiger charge is -1.94. The van der Waals surface area contributed by atoms with E-state index < -0.39 is 0 Å². The van der Waals surface area contributed by atoms with Gasteiger partial charge in [0.15, 0.2) is 5.82 Å². The van der Waals surface area contributed by atoms with Crippen molar-refractivity contribution in [3.8, 4) is 11.1 Å². The van der Waals surface area contributed by atoms with E-state index >= 15 is 0 Å². The minimum atomic E-state index is 0.837. The Morgan fingerprint density at radius 1 is 0.846 bits per heavy atom. The fourth-order valence-electron chi connectivity index (χ4n) is 1.61. The van der Waals surface area contributed by atoms with Crippen LogP contribution in [-0.2, 0) is 0 Å². The summed E-state index contributed by atoms with van der Waals surface area (Å²) in [6, 6.07) is 12.1. The lowest BCUT2D eigenvalue weighted by Crippen LogP contribution is -1.83. The average Bonchev–Trinajstić information content (AvgIpc) is 2.56. The van der Waals surface area contributed by atoms with Crippen LogP contribution in [0.25, 0.3) is 11.1 Å². The van der Waals surface area contributed by atoms with E-state index in [1.165, 1.54) is 5.56 Å². The Kier molecular flexibility index (Phi) is 1.19. The zero-order chi connectivity index (χ0) is 8.67. The number of pyridine rings is 1. The van der Waals surface area contributed by atoms with Crippen molar-refractivity contribution in [1.82, 2.24) is 10.3 Å². The van der Waals surface area contributed by atoms with Crippen molar-refractivity contribution < 1.29 is 0 Å². The molecular weight excluding hydrogens is 160 g/mol. The third-order valence-electron chi connectivity index (χ3n) is 2.21. The fourth-order valence-corrected chi connectivity index (χ4v) is 1.61. The summed E-state index contributed by atoms with van der Waals surface area (Å²) in [5.41, 5.74) is 3.35. The molecule has 2 aromatic rings. The van der Waals surface area contributed by atoms with Gasteiger partial charge >= 0.3 is 0 Å². The number of rotatable bonds is 0. The van der Waals surface area contributed by atoms with Gasteiger partial charge in [0, 0.05) is 17.3 Å². The van der Waals surface area contributed by atoms with Crippen molar-refractivity contribution in [2.24, 2.45) is 0 Å². The van der Waals surface area contributed by atoms with Gasteiger partial charge in [0.25, 0.3) is 0 Å². The Bertz CT molecular complexity index is 420. The molecule has 13 heavy (non-hydrogen) atoms. The van der Waals surface area contributed by atoms with Gasteiger partial charge < -0.3 is 0 Å². The Labute approximate surface area is 76.3 Å². The van der Waals surface area contributed by atoms with Crippen LogP contribution in [0.2, 0.25) is 0 Å². The molecule has 61 valence electrons. The summed E-state index contributed by atoms with van der Waals surface area (Å²) in [6.45, 7) is 0. The maximum absolute atomic E-state index is 4.40. The Balaban J connectivity index is 2.32. The SMILES string of the molecule is c1ccc2c(c1)[N]c1ncccc1-2. The molecule has 0 saturated heterocycles. The lowest BCUT2D eigenvalue weighted by atomic mass is 10.1. The van der Waals surface area contributed by atoms with Gasteiger partial charge in [-0.2, -0.15) is 0 Å². The number of hydrogen-bond donors (Lipinski definition) is 0. The second-order valence-corrected chi connectivity index (χ2v) is 3.00. The summed E-state index contributed by atoms with van der Waals surface area (Å²) in [7, 11) is 0. The standard InChI is InChI=1S/C11H7N2/c1-2-6-10-8(4-1)9-5-3-7-12-11(9)13-10/h1-7H. The van der Waals surface area contributed by atoms with Gasteiger partial charge in [0.2, 0.25) is 0 Å². The van der Waals surface area contributed by atoms with E-state index in [9.17, 15) is 0 Å². The number of fused-ring (bicyclic) bond motifs is 3. The molecule has 0 fully saturated rings. The zero-order valence-corrected chi connectivity index (χ0v) is 6.94. The first kappa shape index (κ1) is 6.66. The summed E-state index contributed by atoms with van der Waals surface area (Å²) in [6.07, 6.45) is 1.77. The molecule has 1 aromatic heterocycles. The number of para-hydroxylation sites is 1. The minimum Gasteiger partial charge on any atom is -0.237 e. The molecular formula is C11H7N2. The third-order valence-corrected chi connectivity index (χ3v) is 2.21. The van der Waals surface area contributed by atoms with Gasteiger partial charge in [0.1, 0.15) is 0 Å². The molecule has 0 unspecified atom stereocenters. The predicted molar refractivity (Wildman–Crippen MR) is 51.1 cm³/mol. The molecule has 2 heterocycles. The fraction of sp³-hybridized carbons (Fsp3) is 0. The summed E-state index contributed by atoms with van der Waals surface area (Å²) >= 11 is 0. The summed E-state index contributed by atoms with van der Waals surface area (Å²) in [5, 5.41) is 4.40. The molecule has 1 aliphatic heterocycles. The van der Waals surface area contributed by atoms with Crippen molar-refractivity contribution in [3.63, 3.8) is 0 Å². The highest BCUT2D eigenvalue weighted by molar-refractivity contribution is 5.88. The molecule has 0 spiro atoms. The highest BCUT2D eigenvalue weighted by Gasteiger charge is 2.18. The summed E-state index contributed by atoms with van der Waals surface area (Å²) in [4.78, 5) is 4.21. The zero-order valence-electron chi connectivity index (χ0n) is 6.94. The van der Waals surface area contributed by atoms with E-state index in [4.69, 9.17) is 0 Å². The predicted octanol–water partition coefficient (Wildman–Crippen LogP) is 2.63. The van der Waals surface area contributed by atoms with Gasteiger partial charge in [-0.15, -0.1) is 0 Å². The first-order valence-electron chi connectivity index (χ1n) is 4.21. The second kappa shape index (κ2) is 2.33. The first-order chi connectivity index (χ1) is 6.45. The Morgan fingerprint density at radius 2 is 1.69 bits per heavy atom. The number of hydrogen-bond acceptors (Lipinski definition) is 1. The van der Waals surface area contributed by atoms with Gasteiger partial charge in [-0.1, -0.05) is 18.2 Å². The molecule has 2 nitrogen and oxygen atoms in total. The molecule has 0 amide bonds. The highest BCUT2D eigenvalue weighted by atomic mass is 15.0. The van der Waals surface area contributed by atoms with E-state index in [1.807, 2.05) is 24.3 Å². The molecule has 0 N–H and O–H groups in total. The second-order valence-electron chi connectivity index (χ2n) is 3.00. The monoisotopic (exact) mass is 167 g/mol. The van der Waals surface area contributed by atoms with Crippen molar-refractivity contribution in [2.45, 2.75) is 0 Å². The van der Waals surface area contributed by atoms with Crippen molar-refractivity contribution in [2.75, 3.05) is 0 Å². The molecule has 3 rings (SSSR count). The van der Waals surface area contributed by atoms with Gasteiger partial charge in [-0.3, -0.25) is 0 Å². The molecule has 2 heteroatoms.